The summed E-state index contributed by atoms with van der Waals surface area (Å²) in [5, 5.41) is 2.97. The van der Waals surface area contributed by atoms with Crippen LogP contribution in [0.25, 0.3) is 0 Å². The Morgan fingerprint density at radius 1 is 1.32 bits per heavy atom. The van der Waals surface area contributed by atoms with Gasteiger partial charge in [0.1, 0.15) is 0 Å². The van der Waals surface area contributed by atoms with E-state index in [-0.39, 0.29) is 17.9 Å². The second kappa shape index (κ2) is 8.15. The standard InChI is InChI=1S/C14H26N2O3/c1-4-6-12-7-13(15-11(3)17)9-16(8-12)10-14(18)19-5-2/h12-13H,4-10H2,1-3H3,(H,15,17). The van der Waals surface area contributed by atoms with Crippen LogP contribution >= 0.6 is 0 Å². The van der Waals surface area contributed by atoms with Crippen LogP contribution in [0.2, 0.25) is 0 Å². The first-order valence-corrected chi connectivity index (χ1v) is 7.20. The summed E-state index contributed by atoms with van der Waals surface area (Å²) < 4.78 is 4.99. The highest BCUT2D eigenvalue weighted by molar-refractivity contribution is 5.73. The summed E-state index contributed by atoms with van der Waals surface area (Å²) in [5.74, 6) is 0.365. The van der Waals surface area contributed by atoms with E-state index in [9.17, 15) is 9.59 Å². The summed E-state index contributed by atoms with van der Waals surface area (Å²) in [6, 6.07) is 0.150. The molecule has 1 amide bonds. The number of nitrogens with zero attached hydrogens (tertiary/aromatic N) is 1. The number of likely N-dealkylation sites (tertiary alicyclic amines) is 1. The van der Waals surface area contributed by atoms with Crippen LogP contribution in [0, 0.1) is 5.92 Å². The van der Waals surface area contributed by atoms with Gasteiger partial charge in [0.2, 0.25) is 5.91 Å². The molecule has 0 radical (unpaired) electrons. The lowest BCUT2D eigenvalue weighted by Gasteiger charge is -2.37. The lowest BCUT2D eigenvalue weighted by Crippen LogP contribution is -2.51. The second-order valence-electron chi connectivity index (χ2n) is 5.29. The molecule has 1 saturated heterocycles. The molecule has 110 valence electrons. The van der Waals surface area contributed by atoms with E-state index < -0.39 is 0 Å². The van der Waals surface area contributed by atoms with Crippen LogP contribution in [0.5, 0.6) is 0 Å². The van der Waals surface area contributed by atoms with Crippen molar-refractivity contribution in [2.24, 2.45) is 5.92 Å². The van der Waals surface area contributed by atoms with Crippen LogP contribution in [0.1, 0.15) is 40.0 Å². The smallest absolute Gasteiger partial charge is 0.320 e. The molecule has 0 aromatic rings. The van der Waals surface area contributed by atoms with Gasteiger partial charge in [0.25, 0.3) is 0 Å². The van der Waals surface area contributed by atoms with Gasteiger partial charge >= 0.3 is 5.97 Å². The maximum atomic E-state index is 11.6. The highest BCUT2D eigenvalue weighted by Crippen LogP contribution is 2.21. The molecule has 5 nitrogen and oxygen atoms in total. The molecule has 1 rings (SSSR count). The van der Waals surface area contributed by atoms with Crippen molar-refractivity contribution in [1.82, 2.24) is 10.2 Å². The van der Waals surface area contributed by atoms with E-state index in [0.717, 1.165) is 32.4 Å². The number of amides is 1. The van der Waals surface area contributed by atoms with Gasteiger partial charge < -0.3 is 10.1 Å². The van der Waals surface area contributed by atoms with E-state index in [1.165, 1.54) is 0 Å². The largest absolute Gasteiger partial charge is 0.465 e. The van der Waals surface area contributed by atoms with Crippen LogP contribution in [0.3, 0.4) is 0 Å². The number of hydrogen-bond donors (Lipinski definition) is 1. The van der Waals surface area contributed by atoms with Crippen LogP contribution < -0.4 is 5.32 Å². The molecule has 0 saturated carbocycles. The van der Waals surface area contributed by atoms with E-state index in [0.29, 0.717) is 19.1 Å². The van der Waals surface area contributed by atoms with Gasteiger partial charge in [-0.1, -0.05) is 13.3 Å². The summed E-state index contributed by atoms with van der Waals surface area (Å²) >= 11 is 0. The fraction of sp³-hybridized carbons (Fsp3) is 0.857. The molecule has 1 aliphatic heterocycles. The van der Waals surface area contributed by atoms with Crippen LogP contribution in [-0.2, 0) is 14.3 Å². The molecule has 19 heavy (non-hydrogen) atoms. The molecule has 1 fully saturated rings. The van der Waals surface area contributed by atoms with Gasteiger partial charge in [-0.15, -0.1) is 0 Å². The van der Waals surface area contributed by atoms with Gasteiger partial charge in [0, 0.05) is 26.1 Å². The molecule has 5 heteroatoms. The Bertz CT molecular complexity index is 307. The fourth-order valence-corrected chi connectivity index (χ4v) is 2.83. The number of carbonyl (C=O) groups is 2. The van der Waals surface area contributed by atoms with Crippen molar-refractivity contribution in [1.29, 1.82) is 0 Å². The van der Waals surface area contributed by atoms with Crippen molar-refractivity contribution in [3.8, 4) is 0 Å². The van der Waals surface area contributed by atoms with Crippen molar-refractivity contribution in [2.45, 2.75) is 46.1 Å². The zero-order valence-corrected chi connectivity index (χ0v) is 12.3. The zero-order valence-electron chi connectivity index (χ0n) is 12.3. The first kappa shape index (κ1) is 16.0. The Hall–Kier alpha value is -1.10. The molecule has 0 aromatic heterocycles. The minimum Gasteiger partial charge on any atom is -0.465 e. The number of esters is 1. The predicted octanol–water partition coefficient (Wildman–Crippen LogP) is 1.18. The number of hydrogen-bond acceptors (Lipinski definition) is 4. The summed E-state index contributed by atoms with van der Waals surface area (Å²) in [5.41, 5.74) is 0. The molecule has 2 atom stereocenters. The molecule has 2 unspecified atom stereocenters. The first-order valence-electron chi connectivity index (χ1n) is 7.20. The maximum Gasteiger partial charge on any atom is 0.320 e. The lowest BCUT2D eigenvalue weighted by molar-refractivity contribution is -0.145. The van der Waals surface area contributed by atoms with E-state index in [1.807, 2.05) is 6.92 Å². The minimum absolute atomic E-state index is 0.00164. The quantitative estimate of drug-likeness (QED) is 0.736. The molecule has 0 bridgehead atoms. The Morgan fingerprint density at radius 2 is 2.05 bits per heavy atom. The second-order valence-corrected chi connectivity index (χ2v) is 5.29. The average molecular weight is 270 g/mol. The van der Waals surface area contributed by atoms with Crippen LogP contribution in [0.4, 0.5) is 0 Å². The van der Waals surface area contributed by atoms with Gasteiger partial charge in [0.05, 0.1) is 13.2 Å². The normalized spacial score (nSPS) is 23.9. The summed E-state index contributed by atoms with van der Waals surface area (Å²) in [6.07, 6.45) is 3.27. The van der Waals surface area contributed by atoms with E-state index in [4.69, 9.17) is 4.74 Å². The van der Waals surface area contributed by atoms with Gasteiger partial charge in [-0.05, 0) is 25.7 Å². The highest BCUT2D eigenvalue weighted by Gasteiger charge is 2.28. The third kappa shape index (κ3) is 6.05. The van der Waals surface area contributed by atoms with Crippen LogP contribution in [0.15, 0.2) is 0 Å². The fourth-order valence-electron chi connectivity index (χ4n) is 2.83. The Balaban J connectivity index is 2.53. The summed E-state index contributed by atoms with van der Waals surface area (Å²) in [7, 11) is 0. The molecule has 1 aliphatic rings. The molecular formula is C14H26N2O3. The average Bonchev–Trinajstić information content (AvgIpc) is 2.28. The van der Waals surface area contributed by atoms with Gasteiger partial charge in [0.15, 0.2) is 0 Å². The molecule has 0 aromatic carbocycles. The minimum atomic E-state index is -0.179. The predicted molar refractivity (Wildman–Crippen MR) is 73.7 cm³/mol. The monoisotopic (exact) mass is 270 g/mol. The van der Waals surface area contributed by atoms with Crippen molar-refractivity contribution in [2.75, 3.05) is 26.2 Å². The Kier molecular flexibility index (Phi) is 6.84. The number of piperidine rings is 1. The van der Waals surface area contributed by atoms with Gasteiger partial charge in [-0.25, -0.2) is 0 Å². The topological polar surface area (TPSA) is 58.6 Å². The molecule has 0 aliphatic carbocycles. The van der Waals surface area contributed by atoms with Gasteiger partial charge in [-0.2, -0.15) is 0 Å². The molecule has 0 spiro atoms. The highest BCUT2D eigenvalue weighted by atomic mass is 16.5. The van der Waals surface area contributed by atoms with E-state index in [2.05, 4.69) is 17.1 Å². The molecule has 1 heterocycles. The van der Waals surface area contributed by atoms with Crippen molar-refractivity contribution in [3.63, 3.8) is 0 Å². The Labute approximate surface area is 115 Å². The summed E-state index contributed by atoms with van der Waals surface area (Å²) in [4.78, 5) is 24.8. The van der Waals surface area contributed by atoms with Crippen molar-refractivity contribution in [3.05, 3.63) is 0 Å². The number of nitrogens with one attached hydrogen (secondary N) is 1. The zero-order chi connectivity index (χ0) is 14.3. The van der Waals surface area contributed by atoms with E-state index >= 15 is 0 Å². The van der Waals surface area contributed by atoms with Crippen molar-refractivity contribution < 1.29 is 14.3 Å². The molecule has 1 N–H and O–H groups in total. The third-order valence-electron chi connectivity index (χ3n) is 3.38. The number of ether oxygens (including phenoxy) is 1. The maximum absolute atomic E-state index is 11.6. The SMILES string of the molecule is CCCC1CC(NC(C)=O)CN(CC(=O)OCC)C1. The number of carbonyl (C=O) groups excluding carboxylic acids is 2. The number of rotatable bonds is 6. The van der Waals surface area contributed by atoms with Crippen molar-refractivity contribution >= 4 is 11.9 Å². The third-order valence-corrected chi connectivity index (χ3v) is 3.38. The van der Waals surface area contributed by atoms with E-state index in [1.54, 1.807) is 6.92 Å². The first-order chi connectivity index (χ1) is 9.05. The summed E-state index contributed by atoms with van der Waals surface area (Å²) in [6.45, 7) is 7.91. The van der Waals surface area contributed by atoms with Gasteiger partial charge in [-0.3, -0.25) is 14.5 Å². The van der Waals surface area contributed by atoms with Crippen LogP contribution in [-0.4, -0.2) is 49.1 Å². The Morgan fingerprint density at radius 3 is 2.63 bits per heavy atom. The molecular weight excluding hydrogens is 244 g/mol. The lowest BCUT2D eigenvalue weighted by atomic mass is 9.90.